The predicted octanol–water partition coefficient (Wildman–Crippen LogP) is 0.862. The van der Waals surface area contributed by atoms with E-state index in [4.69, 9.17) is 0 Å². The van der Waals surface area contributed by atoms with Crippen LogP contribution in [-0.2, 0) is 4.74 Å². The van der Waals surface area contributed by atoms with Crippen molar-refractivity contribution in [1.82, 2.24) is 5.32 Å². The molecular weight excluding hydrogens is 139 g/mol. The lowest BCUT2D eigenvalue weighted by Crippen LogP contribution is -2.27. The molecule has 0 aromatic carbocycles. The molecule has 3 nitrogen and oxygen atoms in total. The molecule has 6 heteroatoms. The van der Waals surface area contributed by atoms with E-state index < -0.39 is 12.5 Å². The summed E-state index contributed by atoms with van der Waals surface area (Å²) in [5.74, 6) is 0. The summed E-state index contributed by atoms with van der Waals surface area (Å²) < 4.78 is 35.9. The van der Waals surface area contributed by atoms with Crippen LogP contribution in [0.5, 0.6) is 0 Å². The third-order valence-corrected chi connectivity index (χ3v) is 0.413. The highest BCUT2D eigenvalue weighted by Gasteiger charge is 2.33. The summed E-state index contributed by atoms with van der Waals surface area (Å²) in [5.41, 5.74) is 0. The summed E-state index contributed by atoms with van der Waals surface area (Å²) in [4.78, 5) is 9.77. The Hall–Kier alpha value is -0.940. The Morgan fingerprint density at radius 3 is 2.11 bits per heavy atom. The van der Waals surface area contributed by atoms with Gasteiger partial charge in [-0.3, -0.25) is 0 Å². The second-order valence-corrected chi connectivity index (χ2v) is 1.09. The van der Waals surface area contributed by atoms with Gasteiger partial charge in [0, 0.05) is 7.05 Å². The number of ether oxygens (including phenoxy) is 1. The fourth-order valence-corrected chi connectivity index (χ4v) is 0.156. The molecule has 0 fully saturated rings. The highest BCUT2D eigenvalue weighted by Crippen LogP contribution is 2.15. The van der Waals surface area contributed by atoms with Gasteiger partial charge in [-0.2, -0.15) is 0 Å². The number of carbonyl (C=O) groups is 1. The summed E-state index contributed by atoms with van der Waals surface area (Å²) in [6.07, 6.45) is -6.40. The molecule has 1 N–H and O–H groups in total. The van der Waals surface area contributed by atoms with Crippen LogP contribution in [0.25, 0.3) is 0 Å². The van der Waals surface area contributed by atoms with E-state index >= 15 is 0 Å². The number of amides is 1. The predicted molar refractivity (Wildman–Crippen MR) is 21.6 cm³/mol. The number of alkyl carbamates (subject to hydrolysis) is 1. The minimum absolute atomic E-state index is 1.04. The van der Waals surface area contributed by atoms with Gasteiger partial charge in [0.15, 0.2) is 0 Å². The Morgan fingerprint density at radius 2 is 2.00 bits per heavy atom. The van der Waals surface area contributed by atoms with Crippen LogP contribution in [0.15, 0.2) is 0 Å². The molecule has 0 saturated carbocycles. The summed E-state index contributed by atoms with van der Waals surface area (Å²) in [7, 11) is 1.04. The van der Waals surface area contributed by atoms with Crippen molar-refractivity contribution in [3.8, 4) is 0 Å². The largest absolute Gasteiger partial charge is 0.576 e. The maximum Gasteiger partial charge on any atom is 0.576 e. The molecule has 0 heterocycles. The van der Waals surface area contributed by atoms with Gasteiger partial charge in [0.1, 0.15) is 0 Å². The SMILES string of the molecule is CNC(=O)OC(F)(F)F. The average Bonchev–Trinajstić information content (AvgIpc) is 1.62. The first kappa shape index (κ1) is 8.06. The minimum Gasteiger partial charge on any atom is -0.356 e. The van der Waals surface area contributed by atoms with Crippen LogP contribution < -0.4 is 5.32 Å². The van der Waals surface area contributed by atoms with Crippen molar-refractivity contribution in [1.29, 1.82) is 0 Å². The lowest BCUT2D eigenvalue weighted by molar-refractivity contribution is -0.291. The standard InChI is InChI=1S/C3H4F3NO2/c1-7-2(8)9-3(4,5)6/h1H3,(H,7,8). The lowest BCUT2D eigenvalue weighted by atomic mass is 11.1. The number of hydrogen-bond acceptors (Lipinski definition) is 2. The van der Waals surface area contributed by atoms with Crippen LogP contribution in [0, 0.1) is 0 Å². The molecule has 0 aliphatic heterocycles. The van der Waals surface area contributed by atoms with Gasteiger partial charge in [-0.15, -0.1) is 13.2 Å². The number of rotatable bonds is 0. The van der Waals surface area contributed by atoms with Crippen molar-refractivity contribution in [3.63, 3.8) is 0 Å². The topological polar surface area (TPSA) is 38.3 Å². The molecule has 0 aliphatic rings. The Bertz CT molecular complexity index is 110. The van der Waals surface area contributed by atoms with E-state index in [0.29, 0.717) is 0 Å². The normalized spacial score (nSPS) is 10.7. The summed E-state index contributed by atoms with van der Waals surface area (Å²) >= 11 is 0. The van der Waals surface area contributed by atoms with E-state index in [1.165, 1.54) is 0 Å². The van der Waals surface area contributed by atoms with Gasteiger partial charge in [0.05, 0.1) is 0 Å². The molecule has 9 heavy (non-hydrogen) atoms. The average molecular weight is 143 g/mol. The second-order valence-electron chi connectivity index (χ2n) is 1.09. The number of hydrogen-bond donors (Lipinski definition) is 1. The van der Waals surface area contributed by atoms with Crippen LogP contribution in [0.4, 0.5) is 18.0 Å². The molecule has 0 unspecified atom stereocenters. The molecule has 0 aromatic rings. The molecule has 0 atom stereocenters. The van der Waals surface area contributed by atoms with Crippen LogP contribution in [0.3, 0.4) is 0 Å². The van der Waals surface area contributed by atoms with Gasteiger partial charge in [-0.1, -0.05) is 0 Å². The van der Waals surface area contributed by atoms with Crippen molar-refractivity contribution in [2.24, 2.45) is 0 Å². The van der Waals surface area contributed by atoms with E-state index in [0.717, 1.165) is 7.05 Å². The van der Waals surface area contributed by atoms with Crippen molar-refractivity contribution in [2.45, 2.75) is 6.36 Å². The van der Waals surface area contributed by atoms with Gasteiger partial charge in [0.25, 0.3) is 0 Å². The molecule has 1 amide bonds. The van der Waals surface area contributed by atoms with E-state index in [9.17, 15) is 18.0 Å². The fraction of sp³-hybridized carbons (Fsp3) is 0.667. The molecule has 0 rings (SSSR count). The molecule has 0 aliphatic carbocycles. The molecule has 0 radical (unpaired) electrons. The number of halogens is 3. The first-order valence-corrected chi connectivity index (χ1v) is 1.93. The van der Waals surface area contributed by atoms with Gasteiger partial charge < -0.3 is 10.1 Å². The molecular formula is C3H4F3NO2. The third-order valence-electron chi connectivity index (χ3n) is 0.413. The van der Waals surface area contributed by atoms with Crippen LogP contribution >= 0.6 is 0 Å². The Balaban J connectivity index is 3.60. The van der Waals surface area contributed by atoms with Crippen molar-refractivity contribution in [2.75, 3.05) is 7.05 Å². The molecule has 0 aromatic heterocycles. The molecule has 54 valence electrons. The first-order chi connectivity index (χ1) is 3.95. The van der Waals surface area contributed by atoms with Crippen LogP contribution in [0.1, 0.15) is 0 Å². The van der Waals surface area contributed by atoms with Crippen LogP contribution in [-0.4, -0.2) is 19.5 Å². The lowest BCUT2D eigenvalue weighted by Gasteiger charge is -2.04. The maximum atomic E-state index is 11.0. The smallest absolute Gasteiger partial charge is 0.356 e. The Morgan fingerprint density at radius 1 is 1.56 bits per heavy atom. The van der Waals surface area contributed by atoms with E-state index in [-0.39, 0.29) is 0 Å². The Labute approximate surface area is 48.8 Å². The van der Waals surface area contributed by atoms with Gasteiger partial charge in [-0.05, 0) is 0 Å². The summed E-state index contributed by atoms with van der Waals surface area (Å²) in [5, 5.41) is 1.64. The fourth-order valence-electron chi connectivity index (χ4n) is 0.156. The third kappa shape index (κ3) is 4.92. The Kier molecular flexibility index (Phi) is 2.29. The van der Waals surface area contributed by atoms with E-state index in [2.05, 4.69) is 4.74 Å². The minimum atomic E-state index is -4.89. The van der Waals surface area contributed by atoms with Crippen molar-refractivity contribution >= 4 is 6.09 Å². The van der Waals surface area contributed by atoms with Gasteiger partial charge in [-0.25, -0.2) is 4.79 Å². The van der Waals surface area contributed by atoms with E-state index in [1.807, 2.05) is 0 Å². The number of carbonyl (C=O) groups excluding carboxylic acids is 1. The highest BCUT2D eigenvalue weighted by molar-refractivity contribution is 5.66. The number of alkyl halides is 3. The summed E-state index contributed by atoms with van der Waals surface area (Å²) in [6, 6.07) is 0. The monoisotopic (exact) mass is 143 g/mol. The van der Waals surface area contributed by atoms with Crippen LogP contribution in [0.2, 0.25) is 0 Å². The molecule has 0 saturated heterocycles. The molecule has 0 spiro atoms. The maximum absolute atomic E-state index is 11.0. The zero-order chi connectivity index (χ0) is 7.49. The van der Waals surface area contributed by atoms with Gasteiger partial charge >= 0.3 is 12.5 Å². The molecule has 0 bridgehead atoms. The highest BCUT2D eigenvalue weighted by atomic mass is 19.4. The van der Waals surface area contributed by atoms with E-state index in [1.54, 1.807) is 5.32 Å². The van der Waals surface area contributed by atoms with Crippen molar-refractivity contribution in [3.05, 3.63) is 0 Å². The second kappa shape index (κ2) is 2.56. The summed E-state index contributed by atoms with van der Waals surface area (Å²) in [6.45, 7) is 0. The number of nitrogens with one attached hydrogen (secondary N) is 1. The van der Waals surface area contributed by atoms with Crippen molar-refractivity contribution < 1.29 is 22.7 Å². The van der Waals surface area contributed by atoms with Gasteiger partial charge in [0.2, 0.25) is 0 Å². The quantitative estimate of drug-likeness (QED) is 0.546. The zero-order valence-electron chi connectivity index (χ0n) is 4.45. The zero-order valence-corrected chi connectivity index (χ0v) is 4.45. The first-order valence-electron chi connectivity index (χ1n) is 1.93.